The van der Waals surface area contributed by atoms with Crippen molar-refractivity contribution in [2.24, 2.45) is 0 Å². The predicted octanol–water partition coefficient (Wildman–Crippen LogP) is 2.08. The third kappa shape index (κ3) is 5.77. The Morgan fingerprint density at radius 1 is 1.06 bits per heavy atom. The lowest BCUT2D eigenvalue weighted by Crippen LogP contribution is -2.46. The van der Waals surface area contributed by atoms with Gasteiger partial charge in [0.1, 0.15) is 18.4 Å². The van der Waals surface area contributed by atoms with Crippen LogP contribution in [0.15, 0.2) is 41.4 Å². The van der Waals surface area contributed by atoms with Gasteiger partial charge in [0.2, 0.25) is 5.91 Å². The van der Waals surface area contributed by atoms with Crippen LogP contribution < -0.4 is 5.32 Å². The van der Waals surface area contributed by atoms with Crippen molar-refractivity contribution in [3.8, 4) is 0 Å². The molecular weight excluding hydrogens is 394 g/mol. The fourth-order valence-corrected chi connectivity index (χ4v) is 3.80. The number of piperazine rings is 1. The van der Waals surface area contributed by atoms with Crippen LogP contribution in [-0.4, -0.2) is 68.4 Å². The molecule has 1 fully saturated rings. The molecule has 1 aliphatic rings. The molecule has 31 heavy (non-hydrogen) atoms. The predicted molar refractivity (Wildman–Crippen MR) is 117 cm³/mol. The molecule has 3 heterocycles. The number of carbonyl (C=O) groups excluding carboxylic acids is 1. The lowest BCUT2D eigenvalue weighted by molar-refractivity contribution is -0.116. The topological polar surface area (TPSA) is 92.3 Å². The number of rotatable bonds is 8. The number of nitrogens with zero attached hydrogens (tertiary/aromatic N) is 6. The number of carbonyl (C=O) groups is 1. The van der Waals surface area contributed by atoms with E-state index in [1.54, 1.807) is 11.0 Å². The molecule has 2 aromatic heterocycles. The molecule has 3 aromatic rings. The Morgan fingerprint density at radius 2 is 1.81 bits per heavy atom. The number of hydrogen-bond acceptors (Lipinski definition) is 7. The summed E-state index contributed by atoms with van der Waals surface area (Å²) in [4.78, 5) is 21.1. The van der Waals surface area contributed by atoms with Crippen LogP contribution in [0.2, 0.25) is 0 Å². The molecular formula is C22H29N7O2. The van der Waals surface area contributed by atoms with E-state index in [4.69, 9.17) is 4.52 Å². The van der Waals surface area contributed by atoms with Gasteiger partial charge < -0.3 is 14.7 Å². The number of anilines is 1. The van der Waals surface area contributed by atoms with E-state index >= 15 is 0 Å². The highest BCUT2D eigenvalue weighted by Gasteiger charge is 2.20. The molecule has 0 atom stereocenters. The van der Waals surface area contributed by atoms with Gasteiger partial charge in [0.05, 0.1) is 12.2 Å². The van der Waals surface area contributed by atoms with Crippen molar-refractivity contribution in [2.75, 3.05) is 38.0 Å². The SMILES string of the molecule is Cc1noc(C)c1CN1CCN(CCC(=O)Nc2ccc(Cn3cncn3)cc2)CC1. The van der Waals surface area contributed by atoms with Gasteiger partial charge in [0, 0.05) is 56.9 Å². The van der Waals surface area contributed by atoms with Crippen LogP contribution in [0.25, 0.3) is 0 Å². The molecule has 1 amide bonds. The van der Waals surface area contributed by atoms with E-state index in [0.29, 0.717) is 13.0 Å². The first-order valence-electron chi connectivity index (χ1n) is 10.6. The summed E-state index contributed by atoms with van der Waals surface area (Å²) in [6, 6.07) is 7.85. The minimum Gasteiger partial charge on any atom is -0.361 e. The monoisotopic (exact) mass is 423 g/mol. The highest BCUT2D eigenvalue weighted by atomic mass is 16.5. The molecule has 0 radical (unpaired) electrons. The standard InChI is InChI=1S/C22H29N7O2/c1-17-21(18(2)31-26-17)14-28-11-9-27(10-12-28)8-7-22(30)25-20-5-3-19(4-6-20)13-29-16-23-15-24-29/h3-6,15-16H,7-14H2,1-2H3,(H,25,30). The third-order valence-electron chi connectivity index (χ3n) is 5.73. The van der Waals surface area contributed by atoms with Gasteiger partial charge in [-0.2, -0.15) is 5.10 Å². The summed E-state index contributed by atoms with van der Waals surface area (Å²) in [5.74, 6) is 0.949. The van der Waals surface area contributed by atoms with Crippen LogP contribution in [0.5, 0.6) is 0 Å². The fraction of sp³-hybridized carbons (Fsp3) is 0.455. The smallest absolute Gasteiger partial charge is 0.225 e. The van der Waals surface area contributed by atoms with Gasteiger partial charge in [-0.1, -0.05) is 17.3 Å². The summed E-state index contributed by atoms with van der Waals surface area (Å²) < 4.78 is 7.03. The number of benzene rings is 1. The maximum Gasteiger partial charge on any atom is 0.225 e. The van der Waals surface area contributed by atoms with Gasteiger partial charge in [-0.25, -0.2) is 9.67 Å². The Balaban J connectivity index is 1.17. The molecule has 1 aromatic carbocycles. The summed E-state index contributed by atoms with van der Waals surface area (Å²) in [7, 11) is 0. The highest BCUT2D eigenvalue weighted by molar-refractivity contribution is 5.90. The molecule has 0 spiro atoms. The molecule has 0 unspecified atom stereocenters. The molecule has 1 saturated heterocycles. The van der Waals surface area contributed by atoms with Gasteiger partial charge in [-0.15, -0.1) is 0 Å². The van der Waals surface area contributed by atoms with Gasteiger partial charge in [-0.05, 0) is 31.5 Å². The molecule has 9 heteroatoms. The first kappa shape index (κ1) is 21.2. The summed E-state index contributed by atoms with van der Waals surface area (Å²) in [6.45, 7) is 10.2. The van der Waals surface area contributed by atoms with Gasteiger partial charge in [0.15, 0.2) is 0 Å². The van der Waals surface area contributed by atoms with E-state index in [2.05, 4.69) is 30.4 Å². The van der Waals surface area contributed by atoms with E-state index in [9.17, 15) is 4.79 Å². The Bertz CT molecular complexity index is 954. The van der Waals surface area contributed by atoms with Crippen molar-refractivity contribution in [1.29, 1.82) is 0 Å². The Labute approximate surface area is 182 Å². The highest BCUT2D eigenvalue weighted by Crippen LogP contribution is 2.16. The van der Waals surface area contributed by atoms with Crippen molar-refractivity contribution in [1.82, 2.24) is 29.7 Å². The van der Waals surface area contributed by atoms with Crippen LogP contribution in [0.4, 0.5) is 5.69 Å². The number of nitrogens with one attached hydrogen (secondary N) is 1. The zero-order valence-corrected chi connectivity index (χ0v) is 18.1. The summed E-state index contributed by atoms with van der Waals surface area (Å²) in [6.07, 6.45) is 3.70. The van der Waals surface area contributed by atoms with Gasteiger partial charge >= 0.3 is 0 Å². The van der Waals surface area contributed by atoms with Crippen molar-refractivity contribution in [2.45, 2.75) is 33.4 Å². The van der Waals surface area contributed by atoms with E-state index < -0.39 is 0 Å². The summed E-state index contributed by atoms with van der Waals surface area (Å²) >= 11 is 0. The molecule has 1 N–H and O–H groups in total. The minimum atomic E-state index is 0.0437. The first-order valence-corrected chi connectivity index (χ1v) is 10.6. The molecule has 0 saturated carbocycles. The average Bonchev–Trinajstić information content (AvgIpc) is 3.40. The molecule has 0 aliphatic carbocycles. The Hall–Kier alpha value is -3.04. The van der Waals surface area contributed by atoms with Crippen molar-refractivity contribution >= 4 is 11.6 Å². The normalized spacial score (nSPS) is 15.3. The van der Waals surface area contributed by atoms with Gasteiger partial charge in [-0.3, -0.25) is 9.69 Å². The maximum absolute atomic E-state index is 12.4. The lowest BCUT2D eigenvalue weighted by Gasteiger charge is -2.34. The first-order chi connectivity index (χ1) is 15.1. The molecule has 4 rings (SSSR count). The number of amides is 1. The van der Waals surface area contributed by atoms with E-state index in [-0.39, 0.29) is 5.91 Å². The van der Waals surface area contributed by atoms with E-state index in [0.717, 1.165) is 62.0 Å². The largest absolute Gasteiger partial charge is 0.361 e. The average molecular weight is 424 g/mol. The van der Waals surface area contributed by atoms with Gasteiger partial charge in [0.25, 0.3) is 0 Å². The van der Waals surface area contributed by atoms with E-state index in [1.807, 2.05) is 38.1 Å². The van der Waals surface area contributed by atoms with Crippen LogP contribution in [0, 0.1) is 13.8 Å². The zero-order chi connectivity index (χ0) is 21.6. The second kappa shape index (κ2) is 9.84. The van der Waals surface area contributed by atoms with Crippen LogP contribution >= 0.6 is 0 Å². The summed E-state index contributed by atoms with van der Waals surface area (Å²) in [5.41, 5.74) is 4.10. The van der Waals surface area contributed by atoms with Crippen LogP contribution in [-0.2, 0) is 17.9 Å². The molecule has 164 valence electrons. The molecule has 0 bridgehead atoms. The number of aromatic nitrogens is 4. The van der Waals surface area contributed by atoms with Crippen molar-refractivity contribution in [3.63, 3.8) is 0 Å². The molecule has 1 aliphatic heterocycles. The second-order valence-electron chi connectivity index (χ2n) is 8.01. The van der Waals surface area contributed by atoms with E-state index in [1.165, 1.54) is 11.9 Å². The van der Waals surface area contributed by atoms with Crippen molar-refractivity contribution < 1.29 is 9.32 Å². The Morgan fingerprint density at radius 3 is 2.45 bits per heavy atom. The number of aryl methyl sites for hydroxylation is 2. The van der Waals surface area contributed by atoms with Crippen LogP contribution in [0.3, 0.4) is 0 Å². The quantitative estimate of drug-likeness (QED) is 0.593. The fourth-order valence-electron chi connectivity index (χ4n) is 3.80. The second-order valence-corrected chi connectivity index (χ2v) is 8.01. The Kier molecular flexibility index (Phi) is 6.73. The number of hydrogen-bond donors (Lipinski definition) is 1. The zero-order valence-electron chi connectivity index (χ0n) is 18.1. The van der Waals surface area contributed by atoms with Crippen molar-refractivity contribution in [3.05, 3.63) is 59.5 Å². The minimum absolute atomic E-state index is 0.0437. The van der Waals surface area contributed by atoms with Crippen LogP contribution in [0.1, 0.15) is 29.0 Å². The molecule has 9 nitrogen and oxygen atoms in total. The summed E-state index contributed by atoms with van der Waals surface area (Å²) in [5, 5.41) is 11.1. The maximum atomic E-state index is 12.4. The third-order valence-corrected chi connectivity index (χ3v) is 5.73. The lowest BCUT2D eigenvalue weighted by atomic mass is 10.1.